The van der Waals surface area contributed by atoms with Crippen LogP contribution in [0.3, 0.4) is 0 Å². The van der Waals surface area contributed by atoms with Gasteiger partial charge in [0.25, 0.3) is 0 Å². The smallest absolute Gasteiger partial charge is 0.238 e. The Morgan fingerprint density at radius 3 is 2.86 bits per heavy atom. The van der Waals surface area contributed by atoms with Gasteiger partial charge in [0.05, 0.1) is 11.0 Å². The summed E-state index contributed by atoms with van der Waals surface area (Å²) < 4.78 is 28.6. The predicted octanol–water partition coefficient (Wildman–Crippen LogP) is 2.41. The van der Waals surface area contributed by atoms with Crippen LogP contribution in [0.15, 0.2) is 46.7 Å². The van der Waals surface area contributed by atoms with Crippen LogP contribution in [0, 0.1) is 0 Å². The molecule has 0 saturated carbocycles. The molecule has 28 heavy (non-hydrogen) atoms. The number of ether oxygens (including phenoxy) is 1. The molecule has 1 aliphatic rings. The lowest BCUT2D eigenvalue weighted by molar-refractivity contribution is -0.116. The van der Waals surface area contributed by atoms with Gasteiger partial charge < -0.3 is 10.1 Å². The van der Waals surface area contributed by atoms with Gasteiger partial charge in [0.2, 0.25) is 15.9 Å². The molecule has 1 aromatic carbocycles. The molecule has 1 unspecified atom stereocenters. The lowest BCUT2D eigenvalue weighted by Gasteiger charge is -2.24. The van der Waals surface area contributed by atoms with Gasteiger partial charge in [0, 0.05) is 43.2 Å². The van der Waals surface area contributed by atoms with Gasteiger partial charge >= 0.3 is 0 Å². The van der Waals surface area contributed by atoms with Crippen LogP contribution in [0.2, 0.25) is 0 Å². The predicted molar refractivity (Wildman–Crippen MR) is 110 cm³/mol. The number of nitrogens with zero attached hydrogens (tertiary/aromatic N) is 1. The van der Waals surface area contributed by atoms with Gasteiger partial charge in [-0.1, -0.05) is 12.1 Å². The zero-order valence-corrected chi connectivity index (χ0v) is 17.2. The highest BCUT2D eigenvalue weighted by molar-refractivity contribution is 7.89. The summed E-state index contributed by atoms with van der Waals surface area (Å²) in [5, 5.41) is 9.93. The van der Waals surface area contributed by atoms with Crippen LogP contribution >= 0.6 is 11.3 Å². The summed E-state index contributed by atoms with van der Waals surface area (Å²) in [7, 11) is -3.80. The third-order valence-electron chi connectivity index (χ3n) is 4.55. The van der Waals surface area contributed by atoms with Gasteiger partial charge in [-0.15, -0.1) is 11.3 Å². The van der Waals surface area contributed by atoms with E-state index in [9.17, 15) is 13.2 Å². The topological polar surface area (TPSA) is 102 Å². The molecular weight excluding hydrogens is 398 g/mol. The molecule has 1 amide bonds. The van der Waals surface area contributed by atoms with Crippen LogP contribution in [0.25, 0.3) is 0 Å². The van der Waals surface area contributed by atoms with Crippen molar-refractivity contribution in [3.8, 4) is 0 Å². The molecule has 0 bridgehead atoms. The van der Waals surface area contributed by atoms with E-state index in [4.69, 9.17) is 9.88 Å². The molecule has 0 aliphatic carbocycles. The first kappa shape index (κ1) is 20.9. The van der Waals surface area contributed by atoms with E-state index in [0.717, 1.165) is 32.5 Å². The number of carbonyl (C=O) groups is 1. The Kier molecular flexibility index (Phi) is 7.19. The number of hydrogen-bond donors (Lipinski definition) is 2. The Balaban J connectivity index is 1.56. The summed E-state index contributed by atoms with van der Waals surface area (Å²) in [6.45, 7) is 2.98. The number of nitrogens with two attached hydrogens (primary N) is 1. The second-order valence-corrected chi connectivity index (χ2v) is 9.41. The molecule has 1 aliphatic heterocycles. The van der Waals surface area contributed by atoms with Crippen LogP contribution < -0.4 is 10.5 Å². The van der Waals surface area contributed by atoms with Crippen LogP contribution in [0.5, 0.6) is 0 Å². The summed E-state index contributed by atoms with van der Waals surface area (Å²) >= 11 is 1.70. The second-order valence-electron chi connectivity index (χ2n) is 6.82. The number of anilines is 1. The van der Waals surface area contributed by atoms with E-state index < -0.39 is 10.0 Å². The quantitative estimate of drug-likeness (QED) is 0.645. The molecule has 1 atom stereocenters. The van der Waals surface area contributed by atoms with E-state index in [0.29, 0.717) is 18.7 Å². The first-order valence-electron chi connectivity index (χ1n) is 9.19. The van der Waals surface area contributed by atoms with E-state index in [2.05, 4.69) is 16.3 Å². The maximum Gasteiger partial charge on any atom is 0.238 e. The molecule has 1 saturated heterocycles. The monoisotopic (exact) mass is 423 g/mol. The fourth-order valence-electron chi connectivity index (χ4n) is 3.17. The summed E-state index contributed by atoms with van der Waals surface area (Å²) in [6, 6.07) is 10.1. The molecule has 0 spiro atoms. The lowest BCUT2D eigenvalue weighted by Crippen LogP contribution is -2.34. The zero-order valence-electron chi connectivity index (χ0n) is 15.5. The Bertz CT molecular complexity index is 878. The summed E-state index contributed by atoms with van der Waals surface area (Å²) in [4.78, 5) is 15.8. The fraction of sp³-hybridized carbons (Fsp3) is 0.421. The zero-order chi connectivity index (χ0) is 20.0. The van der Waals surface area contributed by atoms with E-state index >= 15 is 0 Å². The van der Waals surface area contributed by atoms with Crippen molar-refractivity contribution in [1.29, 1.82) is 0 Å². The highest BCUT2D eigenvalue weighted by Gasteiger charge is 2.20. The Labute approximate surface area is 169 Å². The van der Waals surface area contributed by atoms with Crippen LogP contribution in [-0.2, 0) is 26.1 Å². The average Bonchev–Trinajstić information content (AvgIpc) is 3.33. The summed E-state index contributed by atoms with van der Waals surface area (Å²) in [6.07, 6.45) is 2.65. The van der Waals surface area contributed by atoms with Gasteiger partial charge in [0.1, 0.15) is 0 Å². The van der Waals surface area contributed by atoms with Gasteiger partial charge in [-0.3, -0.25) is 9.69 Å². The van der Waals surface area contributed by atoms with E-state index in [1.54, 1.807) is 23.5 Å². The molecule has 2 aromatic rings. The molecule has 2 heterocycles. The molecule has 1 fully saturated rings. The van der Waals surface area contributed by atoms with E-state index in [1.165, 1.54) is 17.0 Å². The van der Waals surface area contributed by atoms with Crippen molar-refractivity contribution in [3.05, 3.63) is 46.7 Å². The van der Waals surface area contributed by atoms with Crippen molar-refractivity contribution >= 4 is 33.0 Å². The number of hydrogen-bond acceptors (Lipinski definition) is 6. The maximum atomic E-state index is 12.4. The third-order valence-corrected chi connectivity index (χ3v) is 6.32. The highest BCUT2D eigenvalue weighted by atomic mass is 32.2. The van der Waals surface area contributed by atoms with Crippen molar-refractivity contribution in [2.75, 3.05) is 25.0 Å². The van der Waals surface area contributed by atoms with Crippen LogP contribution in [-0.4, -0.2) is 45.0 Å². The van der Waals surface area contributed by atoms with Gasteiger partial charge in [-0.2, -0.15) is 0 Å². The van der Waals surface area contributed by atoms with Gasteiger partial charge in [-0.05, 0) is 42.5 Å². The number of thiophene rings is 1. The number of sulfonamides is 1. The van der Waals surface area contributed by atoms with Crippen molar-refractivity contribution in [1.82, 2.24) is 4.90 Å². The number of carbonyl (C=O) groups excluding carboxylic acids is 1. The Morgan fingerprint density at radius 2 is 2.18 bits per heavy atom. The van der Waals surface area contributed by atoms with Crippen LogP contribution in [0.4, 0.5) is 5.69 Å². The van der Waals surface area contributed by atoms with Crippen LogP contribution in [0.1, 0.15) is 24.1 Å². The molecule has 1 aromatic heterocycles. The summed E-state index contributed by atoms with van der Waals surface area (Å²) in [5.41, 5.74) is 0.417. The minimum atomic E-state index is -3.80. The lowest BCUT2D eigenvalue weighted by atomic mass is 10.2. The van der Waals surface area contributed by atoms with Crippen molar-refractivity contribution < 1.29 is 17.9 Å². The van der Waals surface area contributed by atoms with E-state index in [-0.39, 0.29) is 16.9 Å². The number of rotatable bonds is 9. The SMILES string of the molecule is NS(=O)(=O)c1cccc(NC(=O)CCN(Cc2cccs2)CC2CCCO2)c1. The number of nitrogens with one attached hydrogen (secondary N) is 1. The number of primary sulfonamides is 1. The normalized spacial score (nSPS) is 17.1. The molecule has 7 nitrogen and oxygen atoms in total. The molecular formula is C19H25N3O4S2. The third kappa shape index (κ3) is 6.39. The minimum absolute atomic E-state index is 0.0250. The first-order valence-corrected chi connectivity index (χ1v) is 11.6. The van der Waals surface area contributed by atoms with Gasteiger partial charge in [0.15, 0.2) is 0 Å². The molecule has 0 radical (unpaired) electrons. The molecule has 3 N–H and O–H groups in total. The fourth-order valence-corrected chi connectivity index (χ4v) is 4.47. The second kappa shape index (κ2) is 9.62. The maximum absolute atomic E-state index is 12.4. The van der Waals surface area contributed by atoms with E-state index in [1.807, 2.05) is 11.4 Å². The molecule has 152 valence electrons. The molecule has 9 heteroatoms. The summed E-state index contributed by atoms with van der Waals surface area (Å²) in [5.74, 6) is -0.171. The standard InChI is InChI=1S/C19H25N3O4S2/c20-28(24,25)18-7-1-4-15(12-18)21-19(23)8-9-22(13-16-5-2-10-26-16)14-17-6-3-11-27-17/h1,3-4,6-7,11-12,16H,2,5,8-10,13-14H2,(H,21,23)(H2,20,24,25). The Hall–Kier alpha value is -1.78. The average molecular weight is 424 g/mol. The highest BCUT2D eigenvalue weighted by Crippen LogP contribution is 2.18. The van der Waals surface area contributed by atoms with Crippen molar-refractivity contribution in [2.45, 2.75) is 36.8 Å². The number of benzene rings is 1. The van der Waals surface area contributed by atoms with Crippen molar-refractivity contribution in [2.24, 2.45) is 5.14 Å². The number of amides is 1. The largest absolute Gasteiger partial charge is 0.377 e. The van der Waals surface area contributed by atoms with Crippen molar-refractivity contribution in [3.63, 3.8) is 0 Å². The molecule has 3 rings (SSSR count). The first-order chi connectivity index (χ1) is 13.4. The minimum Gasteiger partial charge on any atom is -0.377 e. The van der Waals surface area contributed by atoms with Gasteiger partial charge in [-0.25, -0.2) is 13.6 Å². The Morgan fingerprint density at radius 1 is 1.32 bits per heavy atom.